The van der Waals surface area contributed by atoms with E-state index in [0.717, 1.165) is 30.4 Å². The van der Waals surface area contributed by atoms with Gasteiger partial charge < -0.3 is 15.0 Å². The Bertz CT molecular complexity index is 753. The normalized spacial score (nSPS) is 15.0. The van der Waals surface area contributed by atoms with E-state index in [2.05, 4.69) is 17.1 Å². The van der Waals surface area contributed by atoms with Crippen molar-refractivity contribution in [2.45, 2.75) is 26.7 Å². The molecule has 1 aliphatic rings. The summed E-state index contributed by atoms with van der Waals surface area (Å²) in [5, 5.41) is 3.58. The number of halogens is 1. The zero-order valence-corrected chi connectivity index (χ0v) is 16.1. The van der Waals surface area contributed by atoms with E-state index in [9.17, 15) is 4.79 Å². The highest BCUT2D eigenvalue weighted by molar-refractivity contribution is 6.33. The maximum atomic E-state index is 12.4. The van der Waals surface area contributed by atoms with Crippen LogP contribution in [0.5, 0.6) is 5.75 Å². The third-order valence-electron chi connectivity index (χ3n) is 4.76. The summed E-state index contributed by atoms with van der Waals surface area (Å²) in [7, 11) is 0. The zero-order chi connectivity index (χ0) is 18.5. The van der Waals surface area contributed by atoms with Crippen LogP contribution in [0.4, 0.5) is 11.4 Å². The second kappa shape index (κ2) is 8.45. The molecule has 4 nitrogen and oxygen atoms in total. The molecule has 5 heteroatoms. The van der Waals surface area contributed by atoms with Crippen LogP contribution in [-0.2, 0) is 0 Å². The Hall–Kier alpha value is -2.20. The van der Waals surface area contributed by atoms with Gasteiger partial charge in [-0.05, 0) is 68.1 Å². The van der Waals surface area contributed by atoms with E-state index in [1.165, 1.54) is 12.8 Å². The van der Waals surface area contributed by atoms with Crippen LogP contribution in [0.2, 0.25) is 5.02 Å². The second-order valence-corrected chi connectivity index (χ2v) is 7.15. The van der Waals surface area contributed by atoms with Crippen LogP contribution in [0, 0.1) is 5.92 Å². The summed E-state index contributed by atoms with van der Waals surface area (Å²) in [5.41, 5.74) is 2.32. The monoisotopic (exact) mass is 372 g/mol. The number of hydrogen-bond acceptors (Lipinski definition) is 3. The molecule has 2 aromatic carbocycles. The maximum absolute atomic E-state index is 12.4. The van der Waals surface area contributed by atoms with Crippen molar-refractivity contribution in [1.29, 1.82) is 0 Å². The van der Waals surface area contributed by atoms with Gasteiger partial charge in [0.1, 0.15) is 5.75 Å². The fourth-order valence-electron chi connectivity index (χ4n) is 3.16. The van der Waals surface area contributed by atoms with Gasteiger partial charge in [0.25, 0.3) is 5.91 Å². The van der Waals surface area contributed by atoms with Crippen molar-refractivity contribution in [3.63, 3.8) is 0 Å². The van der Waals surface area contributed by atoms with Crippen LogP contribution >= 0.6 is 11.6 Å². The van der Waals surface area contributed by atoms with Crippen molar-refractivity contribution in [1.82, 2.24) is 0 Å². The smallest absolute Gasteiger partial charge is 0.255 e. The molecular weight excluding hydrogens is 348 g/mol. The molecular formula is C21H25ClN2O2. The lowest BCUT2D eigenvalue weighted by molar-refractivity contribution is 0.102. The summed E-state index contributed by atoms with van der Waals surface area (Å²) < 4.78 is 5.40. The average molecular weight is 373 g/mol. The lowest BCUT2D eigenvalue weighted by Crippen LogP contribution is -2.32. The number of carbonyl (C=O) groups is 1. The number of ether oxygens (including phenoxy) is 1. The molecule has 2 aromatic rings. The molecule has 138 valence electrons. The summed E-state index contributed by atoms with van der Waals surface area (Å²) in [6.07, 6.45) is 2.37. The van der Waals surface area contributed by atoms with Gasteiger partial charge in [-0.1, -0.05) is 18.5 Å². The van der Waals surface area contributed by atoms with Crippen LogP contribution < -0.4 is 15.0 Å². The quantitative estimate of drug-likeness (QED) is 0.781. The molecule has 1 saturated heterocycles. The Morgan fingerprint density at radius 1 is 1.19 bits per heavy atom. The first kappa shape index (κ1) is 18.6. The van der Waals surface area contributed by atoms with Crippen LogP contribution in [0.3, 0.4) is 0 Å². The Morgan fingerprint density at radius 3 is 2.50 bits per heavy atom. The third kappa shape index (κ3) is 4.50. The van der Waals surface area contributed by atoms with Gasteiger partial charge in [-0.15, -0.1) is 0 Å². The maximum Gasteiger partial charge on any atom is 0.255 e. The molecule has 0 atom stereocenters. The molecule has 0 aliphatic carbocycles. The molecule has 1 aliphatic heterocycles. The number of nitrogens with one attached hydrogen (secondary N) is 1. The van der Waals surface area contributed by atoms with Gasteiger partial charge in [0.2, 0.25) is 0 Å². The van der Waals surface area contributed by atoms with Gasteiger partial charge in [-0.3, -0.25) is 4.79 Å². The fraction of sp³-hybridized carbons (Fsp3) is 0.381. The number of hydrogen-bond donors (Lipinski definition) is 1. The molecule has 1 fully saturated rings. The van der Waals surface area contributed by atoms with Gasteiger partial charge in [-0.2, -0.15) is 0 Å². The number of piperidine rings is 1. The Kier molecular flexibility index (Phi) is 6.04. The van der Waals surface area contributed by atoms with E-state index >= 15 is 0 Å². The van der Waals surface area contributed by atoms with Crippen molar-refractivity contribution in [2.75, 3.05) is 29.9 Å². The van der Waals surface area contributed by atoms with Gasteiger partial charge in [-0.25, -0.2) is 0 Å². The largest absolute Gasteiger partial charge is 0.494 e. The number of carbonyl (C=O) groups excluding carboxylic acids is 1. The van der Waals surface area contributed by atoms with Crippen molar-refractivity contribution in [3.05, 3.63) is 53.1 Å². The van der Waals surface area contributed by atoms with E-state index in [4.69, 9.17) is 16.3 Å². The second-order valence-electron chi connectivity index (χ2n) is 6.75. The van der Waals surface area contributed by atoms with E-state index < -0.39 is 0 Å². The minimum Gasteiger partial charge on any atom is -0.494 e. The lowest BCUT2D eigenvalue weighted by Gasteiger charge is -2.32. The topological polar surface area (TPSA) is 41.6 Å². The van der Waals surface area contributed by atoms with Crippen LogP contribution in [0.1, 0.15) is 37.0 Å². The number of amides is 1. The van der Waals surface area contributed by atoms with Crippen molar-refractivity contribution >= 4 is 28.9 Å². The molecule has 26 heavy (non-hydrogen) atoms. The SMILES string of the molecule is CCOc1ccc(C(=O)Nc2ccc(N3CCC(C)CC3)c(Cl)c2)cc1. The Morgan fingerprint density at radius 2 is 1.88 bits per heavy atom. The average Bonchev–Trinajstić information content (AvgIpc) is 2.64. The third-order valence-corrected chi connectivity index (χ3v) is 5.06. The standard InChI is InChI=1S/C21H25ClN2O2/c1-3-26-18-7-4-16(5-8-18)21(25)23-17-6-9-20(19(22)14-17)24-12-10-15(2)11-13-24/h4-9,14-15H,3,10-13H2,1-2H3,(H,23,25). The van der Waals surface area contributed by atoms with E-state index in [-0.39, 0.29) is 5.91 Å². The molecule has 0 saturated carbocycles. The van der Waals surface area contributed by atoms with Crippen LogP contribution in [-0.4, -0.2) is 25.6 Å². The molecule has 1 heterocycles. The van der Waals surface area contributed by atoms with Crippen LogP contribution in [0.15, 0.2) is 42.5 Å². The molecule has 3 rings (SSSR count). The van der Waals surface area contributed by atoms with Crippen LogP contribution in [0.25, 0.3) is 0 Å². The first-order valence-corrected chi connectivity index (χ1v) is 9.53. The highest BCUT2D eigenvalue weighted by Gasteiger charge is 2.18. The summed E-state index contributed by atoms with van der Waals surface area (Å²) in [5.74, 6) is 1.37. The number of anilines is 2. The van der Waals surface area contributed by atoms with Crippen molar-refractivity contribution in [3.8, 4) is 5.75 Å². The van der Waals surface area contributed by atoms with Crippen molar-refractivity contribution < 1.29 is 9.53 Å². The predicted octanol–water partition coefficient (Wildman–Crippen LogP) is 5.23. The highest BCUT2D eigenvalue weighted by atomic mass is 35.5. The van der Waals surface area contributed by atoms with Gasteiger partial charge in [0, 0.05) is 24.3 Å². The molecule has 0 bridgehead atoms. The zero-order valence-electron chi connectivity index (χ0n) is 15.3. The summed E-state index contributed by atoms with van der Waals surface area (Å²) in [6, 6.07) is 12.8. The molecule has 0 aromatic heterocycles. The summed E-state index contributed by atoms with van der Waals surface area (Å²) in [4.78, 5) is 14.7. The van der Waals surface area contributed by atoms with E-state index in [0.29, 0.717) is 22.9 Å². The summed E-state index contributed by atoms with van der Waals surface area (Å²) >= 11 is 6.47. The molecule has 0 unspecified atom stereocenters. The summed E-state index contributed by atoms with van der Waals surface area (Å²) in [6.45, 7) is 6.88. The van der Waals surface area contributed by atoms with Gasteiger partial charge in [0.05, 0.1) is 17.3 Å². The lowest BCUT2D eigenvalue weighted by atomic mass is 9.99. The number of rotatable bonds is 5. The van der Waals surface area contributed by atoms with E-state index in [1.54, 1.807) is 24.3 Å². The minimum atomic E-state index is -0.163. The number of benzene rings is 2. The van der Waals surface area contributed by atoms with Gasteiger partial charge >= 0.3 is 0 Å². The molecule has 1 amide bonds. The van der Waals surface area contributed by atoms with E-state index in [1.807, 2.05) is 25.1 Å². The number of nitrogens with zero attached hydrogens (tertiary/aromatic N) is 1. The Labute approximate surface area is 160 Å². The fourth-order valence-corrected chi connectivity index (χ4v) is 3.46. The predicted molar refractivity (Wildman–Crippen MR) is 108 cm³/mol. The minimum absolute atomic E-state index is 0.163. The molecule has 0 radical (unpaired) electrons. The highest BCUT2D eigenvalue weighted by Crippen LogP contribution is 2.32. The Balaban J connectivity index is 1.66. The molecule has 0 spiro atoms. The van der Waals surface area contributed by atoms with Gasteiger partial charge in [0.15, 0.2) is 0 Å². The first-order valence-electron chi connectivity index (χ1n) is 9.15. The first-order chi connectivity index (χ1) is 12.6. The van der Waals surface area contributed by atoms with Crippen molar-refractivity contribution in [2.24, 2.45) is 5.92 Å². The molecule has 1 N–H and O–H groups in total.